The fourth-order valence-electron chi connectivity index (χ4n) is 2.85. The Morgan fingerprint density at radius 1 is 1.14 bits per heavy atom. The fraction of sp³-hybridized carbons (Fsp3) is 0.333. The van der Waals surface area contributed by atoms with Gasteiger partial charge in [-0.15, -0.1) is 15.8 Å². The zero-order chi connectivity index (χ0) is 15.1. The van der Waals surface area contributed by atoms with Gasteiger partial charge in [-0.25, -0.2) is 4.98 Å². The predicted octanol–water partition coefficient (Wildman–Crippen LogP) is 2.89. The maximum absolute atomic E-state index is 13.0. The van der Waals surface area contributed by atoms with Gasteiger partial charge in [0, 0.05) is 36.3 Å². The van der Waals surface area contributed by atoms with E-state index in [1.807, 2.05) is 18.2 Å². The van der Waals surface area contributed by atoms with Gasteiger partial charge in [0.1, 0.15) is 0 Å². The van der Waals surface area contributed by atoms with Crippen molar-refractivity contribution < 1.29 is 4.48 Å². The smallest absolute Gasteiger partial charge is 0.253 e. The van der Waals surface area contributed by atoms with Crippen LogP contribution in [0.25, 0.3) is 20.3 Å². The Balaban J connectivity index is 1.92. The molecule has 1 aliphatic rings. The van der Waals surface area contributed by atoms with Gasteiger partial charge in [-0.2, -0.15) is 10.5 Å². The molecule has 4 rings (SSSR count). The molecule has 1 fully saturated rings. The molecule has 0 unspecified atom stereocenters. The Morgan fingerprint density at radius 2 is 1.91 bits per heavy atom. The number of likely N-dealkylation sites (N-methyl/N-ethyl adjacent to an activating group) is 1. The average molecular weight is 317 g/mol. The Hall–Kier alpha value is -1.99. The average Bonchev–Trinajstić information content (AvgIpc) is 2.93. The number of fused-ring (bicyclic) bond motifs is 3. The molecular formula is C15H16FN5S. The maximum Gasteiger partial charge on any atom is 0.253 e. The van der Waals surface area contributed by atoms with Gasteiger partial charge in [0.2, 0.25) is 0 Å². The Kier molecular flexibility index (Phi) is 3.31. The molecule has 0 aliphatic carbocycles. The van der Waals surface area contributed by atoms with Gasteiger partial charge in [-0.3, -0.25) is 0 Å². The van der Waals surface area contributed by atoms with E-state index in [0.29, 0.717) is 0 Å². The lowest BCUT2D eigenvalue weighted by Gasteiger charge is -2.33. The van der Waals surface area contributed by atoms with Gasteiger partial charge >= 0.3 is 0 Å². The summed E-state index contributed by atoms with van der Waals surface area (Å²) in [5.41, 5.74) is 2.43. The molecule has 3 heterocycles. The molecule has 7 heteroatoms. The van der Waals surface area contributed by atoms with Crippen LogP contribution < -0.4 is 10.4 Å². The highest BCUT2D eigenvalue weighted by molar-refractivity contribution is 7.26. The summed E-state index contributed by atoms with van der Waals surface area (Å²) >= 11 is 1.67. The molecule has 0 bridgehead atoms. The third kappa shape index (κ3) is 2.17. The van der Waals surface area contributed by atoms with Gasteiger partial charge in [-0.05, 0) is 13.1 Å². The normalized spacial score (nSPS) is 16.5. The van der Waals surface area contributed by atoms with Crippen LogP contribution in [0.5, 0.6) is 0 Å². The lowest BCUT2D eigenvalue weighted by Crippen LogP contribution is -2.44. The van der Waals surface area contributed by atoms with Crippen molar-refractivity contribution in [3.63, 3.8) is 0 Å². The molecule has 0 radical (unpaired) electrons. The third-order valence-electron chi connectivity index (χ3n) is 4.09. The van der Waals surface area contributed by atoms with Crippen molar-refractivity contribution in [1.29, 1.82) is 0 Å². The predicted molar refractivity (Wildman–Crippen MR) is 89.4 cm³/mol. The lowest BCUT2D eigenvalue weighted by atomic mass is 10.2. The number of benzene rings is 1. The van der Waals surface area contributed by atoms with E-state index in [-0.39, 0.29) is 5.95 Å². The second-order valence-corrected chi connectivity index (χ2v) is 6.58. The topological polar surface area (TPSA) is 44.3 Å². The summed E-state index contributed by atoms with van der Waals surface area (Å²) in [6.07, 6.45) is 0. The minimum Gasteiger partial charge on any atom is -0.353 e. The van der Waals surface area contributed by atoms with E-state index >= 15 is 0 Å². The van der Waals surface area contributed by atoms with E-state index in [1.165, 1.54) is 0 Å². The molecule has 3 aromatic rings. The van der Waals surface area contributed by atoms with Gasteiger partial charge in [0.15, 0.2) is 5.82 Å². The van der Waals surface area contributed by atoms with E-state index < -0.39 is 0 Å². The number of anilines is 2. The highest BCUT2D eigenvalue weighted by Gasteiger charge is 2.21. The zero-order valence-electron chi connectivity index (χ0n) is 12.2. The summed E-state index contributed by atoms with van der Waals surface area (Å²) < 4.78 is 15.2. The van der Waals surface area contributed by atoms with E-state index in [9.17, 15) is 4.48 Å². The van der Waals surface area contributed by atoms with Gasteiger partial charge in [0.25, 0.3) is 5.95 Å². The first-order valence-corrected chi connectivity index (χ1v) is 8.07. The monoisotopic (exact) mass is 317 g/mol. The van der Waals surface area contributed by atoms with Crippen molar-refractivity contribution in [2.45, 2.75) is 0 Å². The fourth-order valence-corrected chi connectivity index (χ4v) is 4.01. The minimum atomic E-state index is 0.0324. The van der Waals surface area contributed by atoms with Crippen LogP contribution >= 0.6 is 11.3 Å². The molecule has 114 valence electrons. The Bertz CT molecular complexity index is 825. The summed E-state index contributed by atoms with van der Waals surface area (Å²) in [6, 6.07) is 8.08. The standard InChI is InChI=1S/C15H16FN5S/c1-20-6-8-21(9-7-20)14-13-12(17-15(18-14)19-16)10-4-2-3-5-11(10)22-13/h2-5H,6-9H2,1H3,(H,17,18,19). The molecule has 0 atom stereocenters. The van der Waals surface area contributed by atoms with E-state index in [2.05, 4.69) is 32.9 Å². The molecule has 0 saturated carbocycles. The third-order valence-corrected chi connectivity index (χ3v) is 5.25. The molecule has 0 amide bonds. The number of rotatable bonds is 2. The number of thiophene rings is 1. The number of piperazine rings is 1. The second kappa shape index (κ2) is 5.33. The summed E-state index contributed by atoms with van der Waals surface area (Å²) in [7, 11) is 2.11. The SMILES string of the molecule is CN1CCN(c2nc(NF)nc3c2sc2ccccc23)CC1. The van der Waals surface area contributed by atoms with Crippen molar-refractivity contribution >= 4 is 43.4 Å². The van der Waals surface area contributed by atoms with Crippen LogP contribution in [0.4, 0.5) is 16.2 Å². The van der Waals surface area contributed by atoms with E-state index in [0.717, 1.165) is 52.3 Å². The Labute approximate surface area is 131 Å². The molecule has 2 aromatic heterocycles. The Morgan fingerprint density at radius 3 is 2.68 bits per heavy atom. The lowest BCUT2D eigenvalue weighted by molar-refractivity contribution is 0.312. The molecule has 1 aliphatic heterocycles. The first-order chi connectivity index (χ1) is 10.8. The van der Waals surface area contributed by atoms with E-state index in [4.69, 9.17) is 0 Å². The second-order valence-electron chi connectivity index (χ2n) is 5.53. The number of hydrogen-bond acceptors (Lipinski definition) is 6. The first kappa shape index (κ1) is 13.7. The largest absolute Gasteiger partial charge is 0.353 e. The minimum absolute atomic E-state index is 0.0324. The van der Waals surface area contributed by atoms with Crippen LogP contribution in [-0.4, -0.2) is 48.1 Å². The summed E-state index contributed by atoms with van der Waals surface area (Å²) in [5.74, 6) is 0.865. The van der Waals surface area contributed by atoms with Crippen molar-refractivity contribution in [1.82, 2.24) is 14.9 Å². The molecule has 0 spiro atoms. The van der Waals surface area contributed by atoms with E-state index in [1.54, 1.807) is 16.9 Å². The molecule has 1 saturated heterocycles. The van der Waals surface area contributed by atoms with Crippen molar-refractivity contribution in [2.24, 2.45) is 0 Å². The summed E-state index contributed by atoms with van der Waals surface area (Å²) in [6.45, 7) is 3.74. The number of halogens is 1. The first-order valence-electron chi connectivity index (χ1n) is 7.25. The quantitative estimate of drug-likeness (QED) is 0.736. The van der Waals surface area contributed by atoms with Crippen LogP contribution in [0.1, 0.15) is 0 Å². The van der Waals surface area contributed by atoms with Gasteiger partial charge in [0.05, 0.1) is 10.2 Å². The van der Waals surface area contributed by atoms with Crippen molar-refractivity contribution in [2.75, 3.05) is 43.7 Å². The van der Waals surface area contributed by atoms with Crippen LogP contribution in [-0.2, 0) is 0 Å². The number of aromatic nitrogens is 2. The molecular weight excluding hydrogens is 301 g/mol. The number of hydrogen-bond donors (Lipinski definition) is 1. The van der Waals surface area contributed by atoms with Crippen molar-refractivity contribution in [3.8, 4) is 0 Å². The van der Waals surface area contributed by atoms with Crippen molar-refractivity contribution in [3.05, 3.63) is 24.3 Å². The molecule has 5 nitrogen and oxygen atoms in total. The summed E-state index contributed by atoms with van der Waals surface area (Å²) in [5, 5.41) is 1.05. The number of nitrogens with one attached hydrogen (secondary N) is 1. The molecule has 22 heavy (non-hydrogen) atoms. The molecule has 1 N–H and O–H groups in total. The summed E-state index contributed by atoms with van der Waals surface area (Å²) in [4.78, 5) is 13.2. The highest BCUT2D eigenvalue weighted by Crippen LogP contribution is 2.38. The van der Waals surface area contributed by atoms with Crippen LogP contribution in [0.3, 0.4) is 0 Å². The molecule has 1 aromatic carbocycles. The highest BCUT2D eigenvalue weighted by atomic mass is 32.1. The van der Waals surface area contributed by atoms with Crippen LogP contribution in [0.2, 0.25) is 0 Å². The number of nitrogens with zero attached hydrogens (tertiary/aromatic N) is 4. The van der Waals surface area contributed by atoms with Gasteiger partial charge in [-0.1, -0.05) is 18.2 Å². The van der Waals surface area contributed by atoms with Crippen LogP contribution in [0.15, 0.2) is 24.3 Å². The van der Waals surface area contributed by atoms with Crippen LogP contribution in [0, 0.1) is 0 Å². The van der Waals surface area contributed by atoms with Gasteiger partial charge < -0.3 is 9.80 Å². The maximum atomic E-state index is 13.0. The zero-order valence-corrected chi connectivity index (χ0v) is 13.0.